The minimum atomic E-state index is -0.314. The van der Waals surface area contributed by atoms with Crippen molar-refractivity contribution >= 4 is 30.7 Å². The molecule has 1 atom stereocenters. The lowest BCUT2D eigenvalue weighted by Crippen LogP contribution is -2.30. The number of amides is 1. The van der Waals surface area contributed by atoms with E-state index >= 15 is 0 Å². The highest BCUT2D eigenvalue weighted by atomic mass is 35.5. The number of hydrogen-bond acceptors (Lipinski definition) is 5. The quantitative estimate of drug-likeness (QED) is 0.508. The van der Waals surface area contributed by atoms with Gasteiger partial charge in [-0.3, -0.25) is 9.78 Å². The largest absolute Gasteiger partial charge is 0.350 e. The molecule has 0 saturated heterocycles. The lowest BCUT2D eigenvalue weighted by Gasteiger charge is -2.13. The van der Waals surface area contributed by atoms with E-state index in [1.807, 2.05) is 42.5 Å². The minimum Gasteiger partial charge on any atom is -0.350 e. The van der Waals surface area contributed by atoms with Gasteiger partial charge in [0.05, 0.1) is 6.04 Å². The number of rotatable bonds is 9. The number of benzene rings is 1. The molecule has 3 N–H and O–H groups in total. The standard InChI is InChI=1S/C22H26N6O.2ClH/c23-19(12-16-4-2-1-3-5-16)22-26-20(13-17-6-7-17)27-28(22)15-21(29)25-14-18-8-10-24-11-9-18;;/h1-5,8-11,17,19H,6-7,12-15,23H2,(H,25,29);2*1H/t19-;;/m1../s1. The molecule has 0 radical (unpaired) electrons. The van der Waals surface area contributed by atoms with E-state index in [1.54, 1.807) is 17.1 Å². The van der Waals surface area contributed by atoms with E-state index in [-0.39, 0.29) is 43.3 Å². The number of nitrogens with two attached hydrogens (primary N) is 1. The number of hydrogen-bond donors (Lipinski definition) is 2. The van der Waals surface area contributed by atoms with Gasteiger partial charge in [-0.05, 0) is 48.4 Å². The molecule has 0 bridgehead atoms. The van der Waals surface area contributed by atoms with Gasteiger partial charge in [-0.2, -0.15) is 5.10 Å². The second-order valence-corrected chi connectivity index (χ2v) is 7.62. The van der Waals surface area contributed by atoms with Gasteiger partial charge in [-0.25, -0.2) is 9.67 Å². The SMILES string of the molecule is Cl.Cl.N[C@H](Cc1ccccc1)c1nc(CC2CC2)nn1CC(=O)NCc1ccncc1. The van der Waals surface area contributed by atoms with Crippen molar-refractivity contribution in [3.05, 3.63) is 77.6 Å². The zero-order chi connectivity index (χ0) is 20.1. The first-order valence-electron chi connectivity index (χ1n) is 10.1. The molecule has 166 valence electrons. The Morgan fingerprint density at radius 2 is 1.81 bits per heavy atom. The Labute approximate surface area is 194 Å². The van der Waals surface area contributed by atoms with Gasteiger partial charge >= 0.3 is 0 Å². The molecule has 2 aromatic heterocycles. The van der Waals surface area contributed by atoms with Crippen LogP contribution in [0.3, 0.4) is 0 Å². The van der Waals surface area contributed by atoms with Crippen molar-refractivity contribution in [3.63, 3.8) is 0 Å². The van der Waals surface area contributed by atoms with Gasteiger partial charge in [0, 0.05) is 25.4 Å². The molecular formula is C22H28Cl2N6O. The maximum absolute atomic E-state index is 12.5. The average Bonchev–Trinajstić information content (AvgIpc) is 3.46. The summed E-state index contributed by atoms with van der Waals surface area (Å²) in [5.74, 6) is 2.01. The fraction of sp³-hybridized carbons (Fsp3) is 0.364. The van der Waals surface area contributed by atoms with E-state index in [2.05, 4.69) is 15.4 Å². The first kappa shape index (κ1) is 24.8. The molecule has 3 aromatic rings. The van der Waals surface area contributed by atoms with Crippen LogP contribution in [-0.2, 0) is 30.7 Å². The van der Waals surface area contributed by atoms with E-state index in [4.69, 9.17) is 10.7 Å². The van der Waals surface area contributed by atoms with Crippen LogP contribution in [0, 0.1) is 5.92 Å². The van der Waals surface area contributed by atoms with Crippen LogP contribution in [0.25, 0.3) is 0 Å². The molecular weight excluding hydrogens is 435 g/mol. The van der Waals surface area contributed by atoms with Gasteiger partial charge in [-0.1, -0.05) is 30.3 Å². The maximum atomic E-state index is 12.5. The first-order chi connectivity index (χ1) is 14.2. The van der Waals surface area contributed by atoms with Gasteiger partial charge in [0.2, 0.25) is 5.91 Å². The number of carbonyl (C=O) groups is 1. The summed E-state index contributed by atoms with van der Waals surface area (Å²) in [5, 5.41) is 7.53. The van der Waals surface area contributed by atoms with E-state index in [1.165, 1.54) is 12.8 Å². The maximum Gasteiger partial charge on any atom is 0.242 e. The van der Waals surface area contributed by atoms with Crippen LogP contribution in [-0.4, -0.2) is 25.7 Å². The van der Waals surface area contributed by atoms with Crippen molar-refractivity contribution < 1.29 is 4.79 Å². The molecule has 1 fully saturated rings. The third-order valence-electron chi connectivity index (χ3n) is 5.07. The third kappa shape index (κ3) is 7.31. The number of pyridine rings is 1. The molecule has 9 heteroatoms. The number of carbonyl (C=O) groups excluding carboxylic acids is 1. The first-order valence-corrected chi connectivity index (χ1v) is 10.1. The van der Waals surface area contributed by atoms with Crippen molar-refractivity contribution in [3.8, 4) is 0 Å². The summed E-state index contributed by atoms with van der Waals surface area (Å²) in [6, 6.07) is 13.5. The minimum absolute atomic E-state index is 0. The molecule has 2 heterocycles. The van der Waals surface area contributed by atoms with E-state index in [0.717, 1.165) is 23.4 Å². The fourth-order valence-corrected chi connectivity index (χ4v) is 3.31. The average molecular weight is 463 g/mol. The summed E-state index contributed by atoms with van der Waals surface area (Å²) in [7, 11) is 0. The topological polar surface area (TPSA) is 98.7 Å². The van der Waals surface area contributed by atoms with Gasteiger partial charge in [-0.15, -0.1) is 24.8 Å². The van der Waals surface area contributed by atoms with Crippen molar-refractivity contribution in [1.29, 1.82) is 0 Å². The van der Waals surface area contributed by atoms with E-state index in [0.29, 0.717) is 24.7 Å². The van der Waals surface area contributed by atoms with Gasteiger partial charge in [0.25, 0.3) is 0 Å². The van der Waals surface area contributed by atoms with Gasteiger partial charge < -0.3 is 11.1 Å². The summed E-state index contributed by atoms with van der Waals surface area (Å²) in [6.45, 7) is 0.566. The Bertz CT molecular complexity index is 947. The Hall–Kier alpha value is -2.48. The Kier molecular flexibility index (Phi) is 9.43. The normalized spacial score (nSPS) is 13.6. The summed E-state index contributed by atoms with van der Waals surface area (Å²) >= 11 is 0. The number of halogens is 2. The van der Waals surface area contributed by atoms with E-state index in [9.17, 15) is 4.79 Å². The molecule has 1 saturated carbocycles. The lowest BCUT2D eigenvalue weighted by atomic mass is 10.1. The number of aromatic nitrogens is 4. The Morgan fingerprint density at radius 1 is 1.10 bits per heavy atom. The lowest BCUT2D eigenvalue weighted by molar-refractivity contribution is -0.122. The van der Waals surface area contributed by atoms with Crippen LogP contribution in [0.5, 0.6) is 0 Å². The molecule has 0 aliphatic heterocycles. The van der Waals surface area contributed by atoms with Crippen LogP contribution < -0.4 is 11.1 Å². The molecule has 31 heavy (non-hydrogen) atoms. The smallest absolute Gasteiger partial charge is 0.242 e. The van der Waals surface area contributed by atoms with Crippen LogP contribution in [0.4, 0.5) is 0 Å². The van der Waals surface area contributed by atoms with Crippen LogP contribution in [0.15, 0.2) is 54.9 Å². The molecule has 0 spiro atoms. The van der Waals surface area contributed by atoms with Crippen molar-refractivity contribution in [2.45, 2.75) is 44.8 Å². The van der Waals surface area contributed by atoms with Crippen LogP contribution in [0.2, 0.25) is 0 Å². The predicted molar refractivity (Wildman–Crippen MR) is 124 cm³/mol. The van der Waals surface area contributed by atoms with Crippen molar-refractivity contribution in [2.24, 2.45) is 11.7 Å². The van der Waals surface area contributed by atoms with Crippen LogP contribution in [0.1, 0.15) is 41.7 Å². The Balaban J connectivity index is 0.00000171. The monoisotopic (exact) mass is 462 g/mol. The second kappa shape index (κ2) is 11.8. The van der Waals surface area contributed by atoms with Crippen molar-refractivity contribution in [1.82, 2.24) is 25.1 Å². The molecule has 1 amide bonds. The van der Waals surface area contributed by atoms with E-state index < -0.39 is 0 Å². The molecule has 1 aliphatic rings. The van der Waals surface area contributed by atoms with Gasteiger partial charge in [0.15, 0.2) is 5.82 Å². The summed E-state index contributed by atoms with van der Waals surface area (Å²) in [6.07, 6.45) is 7.39. The highest BCUT2D eigenvalue weighted by Gasteiger charge is 2.26. The fourth-order valence-electron chi connectivity index (χ4n) is 3.31. The zero-order valence-corrected chi connectivity index (χ0v) is 18.8. The molecule has 1 aliphatic carbocycles. The highest BCUT2D eigenvalue weighted by molar-refractivity contribution is 5.85. The predicted octanol–water partition coefficient (Wildman–Crippen LogP) is 3.03. The number of nitrogens with one attached hydrogen (secondary N) is 1. The molecule has 7 nitrogen and oxygen atoms in total. The van der Waals surface area contributed by atoms with Crippen molar-refractivity contribution in [2.75, 3.05) is 0 Å². The third-order valence-corrected chi connectivity index (χ3v) is 5.07. The van der Waals surface area contributed by atoms with Crippen LogP contribution >= 0.6 is 24.8 Å². The Morgan fingerprint density at radius 3 is 2.48 bits per heavy atom. The summed E-state index contributed by atoms with van der Waals surface area (Å²) in [4.78, 5) is 21.2. The molecule has 0 unspecified atom stereocenters. The number of nitrogens with zero attached hydrogens (tertiary/aromatic N) is 4. The zero-order valence-electron chi connectivity index (χ0n) is 17.2. The summed E-state index contributed by atoms with van der Waals surface area (Å²) in [5.41, 5.74) is 8.61. The second-order valence-electron chi connectivity index (χ2n) is 7.62. The summed E-state index contributed by atoms with van der Waals surface area (Å²) < 4.78 is 1.67. The molecule has 4 rings (SSSR count). The van der Waals surface area contributed by atoms with Gasteiger partial charge in [0.1, 0.15) is 12.4 Å². The molecule has 1 aromatic carbocycles. The highest BCUT2D eigenvalue weighted by Crippen LogP contribution is 2.32.